The van der Waals surface area contributed by atoms with Crippen molar-refractivity contribution >= 4 is 45.5 Å². The van der Waals surface area contributed by atoms with Gasteiger partial charge in [-0.25, -0.2) is 0 Å². The van der Waals surface area contributed by atoms with Crippen molar-refractivity contribution in [3.63, 3.8) is 0 Å². The standard InChI is InChI=1S/C15H17ClINS/c1-2-9-18-14(10-11-7-8-15(16)19-11)12-5-3-4-6-13(12)17/h3-8,14,18H,2,9-10H2,1H3. The van der Waals surface area contributed by atoms with Crippen LogP contribution >= 0.6 is 45.5 Å². The molecular weight excluding hydrogens is 389 g/mol. The molecule has 0 bridgehead atoms. The Morgan fingerprint density at radius 3 is 2.68 bits per heavy atom. The Labute approximate surface area is 137 Å². The Bertz CT molecular complexity index is 526. The highest BCUT2D eigenvalue weighted by Crippen LogP contribution is 2.28. The zero-order valence-corrected chi connectivity index (χ0v) is 14.6. The van der Waals surface area contributed by atoms with Gasteiger partial charge in [-0.1, -0.05) is 36.7 Å². The predicted octanol–water partition coefficient (Wildman–Crippen LogP) is 5.29. The van der Waals surface area contributed by atoms with Gasteiger partial charge in [-0.3, -0.25) is 0 Å². The normalized spacial score (nSPS) is 12.6. The van der Waals surface area contributed by atoms with Crippen molar-refractivity contribution in [2.45, 2.75) is 25.8 Å². The van der Waals surface area contributed by atoms with E-state index in [0.717, 1.165) is 23.7 Å². The molecule has 1 heterocycles. The number of rotatable bonds is 6. The SMILES string of the molecule is CCCNC(Cc1ccc(Cl)s1)c1ccccc1I. The maximum absolute atomic E-state index is 6.02. The predicted molar refractivity (Wildman–Crippen MR) is 93.2 cm³/mol. The van der Waals surface area contributed by atoms with Crippen molar-refractivity contribution in [3.8, 4) is 0 Å². The molecule has 1 unspecified atom stereocenters. The van der Waals surface area contributed by atoms with Gasteiger partial charge < -0.3 is 5.32 Å². The summed E-state index contributed by atoms with van der Waals surface area (Å²) in [6, 6.07) is 13.0. The summed E-state index contributed by atoms with van der Waals surface area (Å²) in [6.45, 7) is 3.23. The van der Waals surface area contributed by atoms with E-state index in [1.807, 2.05) is 6.07 Å². The van der Waals surface area contributed by atoms with Crippen LogP contribution in [0.5, 0.6) is 0 Å². The molecule has 0 saturated carbocycles. The molecule has 1 aromatic carbocycles. The van der Waals surface area contributed by atoms with Gasteiger partial charge in [0.2, 0.25) is 0 Å². The number of thiophene rings is 1. The van der Waals surface area contributed by atoms with E-state index in [1.54, 1.807) is 11.3 Å². The molecule has 0 saturated heterocycles. The fraction of sp³-hybridized carbons (Fsp3) is 0.333. The summed E-state index contributed by atoms with van der Waals surface area (Å²) in [5.41, 5.74) is 1.38. The molecule has 1 nitrogen and oxygen atoms in total. The molecule has 1 N–H and O–H groups in total. The van der Waals surface area contributed by atoms with Crippen molar-refractivity contribution in [3.05, 3.63) is 54.7 Å². The smallest absolute Gasteiger partial charge is 0.0931 e. The third-order valence-electron chi connectivity index (χ3n) is 2.96. The number of hydrogen-bond acceptors (Lipinski definition) is 2. The van der Waals surface area contributed by atoms with Crippen LogP contribution < -0.4 is 5.32 Å². The zero-order chi connectivity index (χ0) is 13.7. The van der Waals surface area contributed by atoms with Crippen LogP contribution in [0.1, 0.15) is 29.8 Å². The molecule has 1 atom stereocenters. The second kappa shape index (κ2) is 7.62. The van der Waals surface area contributed by atoms with Crippen LogP contribution in [0.3, 0.4) is 0 Å². The molecule has 2 aromatic rings. The molecule has 0 spiro atoms. The third-order valence-corrected chi connectivity index (χ3v) is 5.19. The van der Waals surface area contributed by atoms with E-state index in [-0.39, 0.29) is 0 Å². The van der Waals surface area contributed by atoms with E-state index in [2.05, 4.69) is 65.2 Å². The summed E-state index contributed by atoms with van der Waals surface area (Å²) in [4.78, 5) is 1.33. The topological polar surface area (TPSA) is 12.0 Å². The summed E-state index contributed by atoms with van der Waals surface area (Å²) >= 11 is 10.1. The first-order valence-electron chi connectivity index (χ1n) is 6.42. The van der Waals surface area contributed by atoms with Crippen LogP contribution in [0.2, 0.25) is 4.34 Å². The minimum absolute atomic E-state index is 0.364. The molecule has 0 radical (unpaired) electrons. The fourth-order valence-electron chi connectivity index (χ4n) is 2.03. The second-order valence-corrected chi connectivity index (χ2v) is 7.40. The van der Waals surface area contributed by atoms with Gasteiger partial charge in [0.05, 0.1) is 4.34 Å². The highest BCUT2D eigenvalue weighted by atomic mass is 127. The lowest BCUT2D eigenvalue weighted by Crippen LogP contribution is -2.24. The van der Waals surface area contributed by atoms with Crippen LogP contribution in [0.4, 0.5) is 0 Å². The number of nitrogens with one attached hydrogen (secondary N) is 1. The van der Waals surface area contributed by atoms with Gasteiger partial charge in [0.15, 0.2) is 0 Å². The van der Waals surface area contributed by atoms with E-state index >= 15 is 0 Å². The van der Waals surface area contributed by atoms with E-state index in [1.165, 1.54) is 14.0 Å². The maximum Gasteiger partial charge on any atom is 0.0931 e. The fourth-order valence-corrected chi connectivity index (χ4v) is 3.93. The average Bonchev–Trinajstić information content (AvgIpc) is 2.81. The van der Waals surface area contributed by atoms with Gasteiger partial charge in [0, 0.05) is 20.9 Å². The number of benzene rings is 1. The van der Waals surface area contributed by atoms with Crippen molar-refractivity contribution < 1.29 is 0 Å². The van der Waals surface area contributed by atoms with E-state index in [4.69, 9.17) is 11.6 Å². The van der Waals surface area contributed by atoms with Crippen LogP contribution in [0.15, 0.2) is 36.4 Å². The molecular formula is C15H17ClINS. The lowest BCUT2D eigenvalue weighted by molar-refractivity contribution is 0.530. The first-order chi connectivity index (χ1) is 9.20. The molecule has 0 fully saturated rings. The molecule has 102 valence electrons. The number of halogens is 2. The average molecular weight is 406 g/mol. The van der Waals surface area contributed by atoms with Crippen molar-refractivity contribution in [2.75, 3.05) is 6.54 Å². The molecule has 0 aliphatic heterocycles. The number of hydrogen-bond donors (Lipinski definition) is 1. The van der Waals surface area contributed by atoms with E-state index < -0.39 is 0 Å². The second-order valence-electron chi connectivity index (χ2n) is 4.44. The first kappa shape index (κ1) is 15.3. The quantitative estimate of drug-likeness (QED) is 0.644. The van der Waals surface area contributed by atoms with Crippen molar-refractivity contribution in [1.29, 1.82) is 0 Å². The van der Waals surface area contributed by atoms with Gasteiger partial charge >= 0.3 is 0 Å². The van der Waals surface area contributed by atoms with Crippen molar-refractivity contribution in [1.82, 2.24) is 5.32 Å². The largest absolute Gasteiger partial charge is 0.310 e. The molecule has 2 rings (SSSR count). The van der Waals surface area contributed by atoms with E-state index in [0.29, 0.717) is 6.04 Å². The van der Waals surface area contributed by atoms with Crippen LogP contribution in [-0.2, 0) is 6.42 Å². The van der Waals surface area contributed by atoms with Gasteiger partial charge in [0.25, 0.3) is 0 Å². The highest BCUT2D eigenvalue weighted by Gasteiger charge is 2.15. The Morgan fingerprint density at radius 1 is 1.26 bits per heavy atom. The Kier molecular flexibility index (Phi) is 6.13. The monoisotopic (exact) mass is 405 g/mol. The summed E-state index contributed by atoms with van der Waals surface area (Å²) < 4.78 is 2.18. The Hall–Kier alpha value is -0.100. The summed E-state index contributed by atoms with van der Waals surface area (Å²) in [5.74, 6) is 0. The van der Waals surface area contributed by atoms with Gasteiger partial charge in [-0.2, -0.15) is 0 Å². The molecule has 0 amide bonds. The molecule has 0 aliphatic carbocycles. The van der Waals surface area contributed by atoms with Crippen LogP contribution in [-0.4, -0.2) is 6.54 Å². The Balaban J connectivity index is 2.18. The van der Waals surface area contributed by atoms with Crippen molar-refractivity contribution in [2.24, 2.45) is 0 Å². The third kappa shape index (κ3) is 4.45. The highest BCUT2D eigenvalue weighted by molar-refractivity contribution is 14.1. The minimum atomic E-state index is 0.364. The van der Waals surface area contributed by atoms with Gasteiger partial charge in [-0.15, -0.1) is 11.3 Å². The first-order valence-corrected chi connectivity index (χ1v) is 8.70. The van der Waals surface area contributed by atoms with Gasteiger partial charge in [0.1, 0.15) is 0 Å². The zero-order valence-electron chi connectivity index (χ0n) is 10.8. The molecule has 0 aliphatic rings. The van der Waals surface area contributed by atoms with Crippen LogP contribution in [0.25, 0.3) is 0 Å². The maximum atomic E-state index is 6.02. The summed E-state index contributed by atoms with van der Waals surface area (Å²) in [6.07, 6.45) is 2.14. The molecule has 4 heteroatoms. The van der Waals surface area contributed by atoms with Crippen LogP contribution in [0, 0.1) is 3.57 Å². The summed E-state index contributed by atoms with van der Waals surface area (Å²) in [5, 5.41) is 3.64. The lowest BCUT2D eigenvalue weighted by Gasteiger charge is -2.19. The molecule has 19 heavy (non-hydrogen) atoms. The van der Waals surface area contributed by atoms with Gasteiger partial charge in [-0.05, 0) is 59.3 Å². The summed E-state index contributed by atoms with van der Waals surface area (Å²) in [7, 11) is 0. The Morgan fingerprint density at radius 2 is 2.05 bits per heavy atom. The van der Waals surface area contributed by atoms with E-state index in [9.17, 15) is 0 Å². The lowest BCUT2D eigenvalue weighted by atomic mass is 10.0. The molecule has 1 aromatic heterocycles. The minimum Gasteiger partial charge on any atom is -0.310 e.